The minimum atomic E-state index is -0.619. The number of para-hydroxylation sites is 1. The number of nitrogens with zero attached hydrogens (tertiary/aromatic N) is 1. The fraction of sp³-hybridized carbons (Fsp3) is 0.500. The molecule has 3 rings (SSSR count). The highest BCUT2D eigenvalue weighted by Gasteiger charge is 2.31. The third-order valence-corrected chi connectivity index (χ3v) is 4.39. The number of hydrogen-bond donors (Lipinski definition) is 3. The highest BCUT2D eigenvalue weighted by molar-refractivity contribution is 6.35. The molecule has 6 nitrogen and oxygen atoms in total. The molecule has 2 aromatic rings. The Balaban J connectivity index is 1.82. The Morgan fingerprint density at radius 3 is 3.13 bits per heavy atom. The molecule has 0 aliphatic carbocycles. The number of benzene rings is 1. The number of aromatic nitrogens is 2. The van der Waals surface area contributed by atoms with Crippen LogP contribution in [0, 0.1) is 5.92 Å². The van der Waals surface area contributed by atoms with Crippen LogP contribution in [0.3, 0.4) is 0 Å². The first-order valence-corrected chi connectivity index (χ1v) is 8.10. The molecule has 23 heavy (non-hydrogen) atoms. The van der Waals surface area contributed by atoms with Crippen LogP contribution in [0.25, 0.3) is 10.9 Å². The van der Waals surface area contributed by atoms with E-state index in [1.54, 1.807) is 0 Å². The van der Waals surface area contributed by atoms with E-state index in [1.165, 1.54) is 0 Å². The summed E-state index contributed by atoms with van der Waals surface area (Å²) in [7, 11) is 0. The van der Waals surface area contributed by atoms with Crippen LogP contribution in [0.4, 0.5) is 0 Å². The first-order valence-electron chi connectivity index (χ1n) is 7.72. The van der Waals surface area contributed by atoms with Gasteiger partial charge in [0, 0.05) is 18.5 Å². The molecular weight excluding hydrogens is 316 g/mol. The molecule has 1 unspecified atom stereocenters. The van der Waals surface area contributed by atoms with Gasteiger partial charge in [-0.15, -0.1) is 0 Å². The fourth-order valence-corrected chi connectivity index (χ4v) is 3.04. The monoisotopic (exact) mass is 336 g/mol. The van der Waals surface area contributed by atoms with Crippen molar-refractivity contribution >= 4 is 28.4 Å². The Kier molecular flexibility index (Phi) is 4.57. The Morgan fingerprint density at radius 1 is 1.48 bits per heavy atom. The van der Waals surface area contributed by atoms with Gasteiger partial charge in [-0.2, -0.15) is 5.10 Å². The van der Waals surface area contributed by atoms with Gasteiger partial charge in [0.1, 0.15) is 0 Å². The maximum atomic E-state index is 12.6. The molecule has 0 saturated carbocycles. The maximum absolute atomic E-state index is 12.6. The zero-order valence-corrected chi connectivity index (χ0v) is 14.0. The molecule has 1 aromatic carbocycles. The summed E-state index contributed by atoms with van der Waals surface area (Å²) in [5, 5.41) is 15.2. The van der Waals surface area contributed by atoms with Crippen LogP contribution in [-0.4, -0.2) is 42.4 Å². The molecule has 1 saturated heterocycles. The molecule has 0 bridgehead atoms. The molecule has 7 heteroatoms. The van der Waals surface area contributed by atoms with Crippen LogP contribution >= 0.6 is 11.6 Å². The lowest BCUT2D eigenvalue weighted by atomic mass is 9.96. The van der Waals surface area contributed by atoms with E-state index in [-0.39, 0.29) is 11.8 Å². The van der Waals surface area contributed by atoms with E-state index in [4.69, 9.17) is 16.3 Å². The van der Waals surface area contributed by atoms with Crippen LogP contribution in [0.2, 0.25) is 5.02 Å². The molecule has 1 atom stereocenters. The number of nitrogens with one attached hydrogen (secondary N) is 3. The normalized spacial score (nSPS) is 19.5. The number of rotatable bonds is 3. The van der Waals surface area contributed by atoms with Crippen molar-refractivity contribution in [2.45, 2.75) is 19.4 Å². The van der Waals surface area contributed by atoms with Crippen LogP contribution in [0.5, 0.6) is 0 Å². The van der Waals surface area contributed by atoms with E-state index in [9.17, 15) is 4.79 Å². The van der Waals surface area contributed by atoms with Crippen molar-refractivity contribution in [2.75, 3.05) is 26.3 Å². The highest BCUT2D eigenvalue weighted by atomic mass is 35.5. The Hall–Kier alpha value is -1.63. The van der Waals surface area contributed by atoms with Crippen LogP contribution in [0.1, 0.15) is 19.5 Å². The lowest BCUT2D eigenvalue weighted by molar-refractivity contribution is -0.128. The molecule has 1 fully saturated rings. The quantitative estimate of drug-likeness (QED) is 0.798. The van der Waals surface area contributed by atoms with E-state index in [1.807, 2.05) is 32.0 Å². The number of fused-ring (bicyclic) bond motifs is 1. The van der Waals surface area contributed by atoms with Gasteiger partial charge >= 0.3 is 0 Å². The molecule has 1 amide bonds. The van der Waals surface area contributed by atoms with Crippen molar-refractivity contribution in [3.8, 4) is 0 Å². The second kappa shape index (κ2) is 6.47. The number of ether oxygens (including phenoxy) is 1. The first kappa shape index (κ1) is 16.2. The predicted molar refractivity (Wildman–Crippen MR) is 89.5 cm³/mol. The lowest BCUT2D eigenvalue weighted by Gasteiger charge is -2.27. The van der Waals surface area contributed by atoms with Crippen molar-refractivity contribution in [1.82, 2.24) is 20.8 Å². The Labute approximate surface area is 139 Å². The maximum Gasteiger partial charge on any atom is 0.227 e. The van der Waals surface area contributed by atoms with Crippen molar-refractivity contribution in [3.05, 3.63) is 28.9 Å². The van der Waals surface area contributed by atoms with Crippen molar-refractivity contribution in [3.63, 3.8) is 0 Å². The van der Waals surface area contributed by atoms with Gasteiger partial charge < -0.3 is 15.4 Å². The molecule has 1 aliphatic heterocycles. The van der Waals surface area contributed by atoms with E-state index in [2.05, 4.69) is 20.8 Å². The second-order valence-corrected chi connectivity index (χ2v) is 6.73. The van der Waals surface area contributed by atoms with Crippen LogP contribution < -0.4 is 10.6 Å². The standard InChI is InChI=1S/C16H21ClN4O2/c1-16(2,19-15(22)10-8-18-6-7-23-9-10)14-11-4-3-5-12(17)13(11)20-21-14/h3-5,10,18H,6-9H2,1-2H3,(H,19,22)(H,20,21). The largest absolute Gasteiger partial charge is 0.379 e. The summed E-state index contributed by atoms with van der Waals surface area (Å²) < 4.78 is 5.46. The molecule has 1 aliphatic rings. The SMILES string of the molecule is CC(C)(NC(=O)C1CNCCOC1)c1n[nH]c2c(Cl)cccc12. The number of amides is 1. The summed E-state index contributed by atoms with van der Waals surface area (Å²) in [6.45, 7) is 6.33. The van der Waals surface area contributed by atoms with Gasteiger partial charge in [-0.05, 0) is 19.9 Å². The van der Waals surface area contributed by atoms with Gasteiger partial charge in [-0.3, -0.25) is 9.89 Å². The first-order chi connectivity index (χ1) is 11.0. The zero-order chi connectivity index (χ0) is 16.4. The Bertz CT molecular complexity index is 705. The Morgan fingerprint density at radius 2 is 2.30 bits per heavy atom. The average molecular weight is 337 g/mol. The highest BCUT2D eigenvalue weighted by Crippen LogP contribution is 2.30. The minimum Gasteiger partial charge on any atom is -0.379 e. The topological polar surface area (TPSA) is 79.0 Å². The van der Waals surface area contributed by atoms with Gasteiger partial charge in [0.05, 0.1) is 40.9 Å². The van der Waals surface area contributed by atoms with E-state index in [0.717, 1.165) is 23.1 Å². The summed E-state index contributed by atoms with van der Waals surface area (Å²) in [5.41, 5.74) is 0.934. The zero-order valence-electron chi connectivity index (χ0n) is 13.3. The fourth-order valence-electron chi connectivity index (χ4n) is 2.83. The minimum absolute atomic E-state index is 0.0393. The molecule has 0 spiro atoms. The van der Waals surface area contributed by atoms with E-state index < -0.39 is 5.54 Å². The van der Waals surface area contributed by atoms with Gasteiger partial charge in [0.25, 0.3) is 0 Å². The van der Waals surface area contributed by atoms with Crippen molar-refractivity contribution < 1.29 is 9.53 Å². The van der Waals surface area contributed by atoms with Gasteiger partial charge in [-0.25, -0.2) is 0 Å². The third-order valence-electron chi connectivity index (χ3n) is 4.08. The van der Waals surface area contributed by atoms with Gasteiger partial charge in [-0.1, -0.05) is 23.7 Å². The summed E-state index contributed by atoms with van der Waals surface area (Å²) in [6.07, 6.45) is 0. The molecule has 0 radical (unpaired) electrons. The molecule has 124 valence electrons. The summed E-state index contributed by atoms with van der Waals surface area (Å²) in [4.78, 5) is 12.6. The molecule has 3 N–H and O–H groups in total. The number of halogens is 1. The van der Waals surface area contributed by atoms with Crippen molar-refractivity contribution in [1.29, 1.82) is 0 Å². The van der Waals surface area contributed by atoms with Crippen LogP contribution in [0.15, 0.2) is 18.2 Å². The third kappa shape index (κ3) is 3.34. The summed E-state index contributed by atoms with van der Waals surface area (Å²) >= 11 is 6.18. The summed E-state index contributed by atoms with van der Waals surface area (Å²) in [5.74, 6) is -0.242. The second-order valence-electron chi connectivity index (χ2n) is 6.32. The van der Waals surface area contributed by atoms with E-state index in [0.29, 0.717) is 24.8 Å². The molecule has 1 aromatic heterocycles. The smallest absolute Gasteiger partial charge is 0.227 e. The molecular formula is C16H21ClN4O2. The average Bonchev–Trinajstić information content (AvgIpc) is 2.77. The summed E-state index contributed by atoms with van der Waals surface area (Å²) in [6, 6.07) is 5.64. The number of carbonyl (C=O) groups is 1. The lowest BCUT2D eigenvalue weighted by Crippen LogP contribution is -2.47. The van der Waals surface area contributed by atoms with Crippen molar-refractivity contribution in [2.24, 2.45) is 5.92 Å². The van der Waals surface area contributed by atoms with Gasteiger partial charge in [0.2, 0.25) is 5.91 Å². The number of H-pyrrole nitrogens is 1. The van der Waals surface area contributed by atoms with E-state index >= 15 is 0 Å². The number of hydrogen-bond acceptors (Lipinski definition) is 4. The number of aromatic amines is 1. The number of carbonyl (C=O) groups excluding carboxylic acids is 1. The molecule has 2 heterocycles. The predicted octanol–water partition coefficient (Wildman–Crippen LogP) is 1.80. The van der Waals surface area contributed by atoms with Gasteiger partial charge in [0.15, 0.2) is 0 Å². The van der Waals surface area contributed by atoms with Crippen LogP contribution in [-0.2, 0) is 15.1 Å².